The Balaban J connectivity index is 2.88. The summed E-state index contributed by atoms with van der Waals surface area (Å²) >= 11 is 6.27. The lowest BCUT2D eigenvalue weighted by atomic mass is 10.1. The molecule has 0 aliphatic rings. The Kier molecular flexibility index (Phi) is 5.75. The lowest BCUT2D eigenvalue weighted by molar-refractivity contribution is 0.289. The number of hydrogen-bond donors (Lipinski definition) is 2. The maximum Gasteiger partial charge on any atom is 0.0642 e. The number of rotatable bonds is 6. The van der Waals surface area contributed by atoms with Crippen LogP contribution in [-0.2, 0) is 0 Å². The van der Waals surface area contributed by atoms with Crippen molar-refractivity contribution in [2.75, 3.05) is 24.6 Å². The Bertz CT molecular complexity index is 355. The summed E-state index contributed by atoms with van der Waals surface area (Å²) in [6.07, 6.45) is 0.749. The van der Waals surface area contributed by atoms with Crippen LogP contribution >= 0.6 is 11.6 Å². The fraction of sp³-hybridized carbons (Fsp3) is 0.538. The zero-order chi connectivity index (χ0) is 12.8. The molecule has 0 spiro atoms. The monoisotopic (exact) mass is 256 g/mol. The van der Waals surface area contributed by atoms with E-state index in [0.29, 0.717) is 0 Å². The van der Waals surface area contributed by atoms with Crippen molar-refractivity contribution in [2.24, 2.45) is 5.73 Å². The van der Waals surface area contributed by atoms with Crippen LogP contribution in [0.25, 0.3) is 0 Å². The topological polar surface area (TPSA) is 49.5 Å². The van der Waals surface area contributed by atoms with Crippen LogP contribution < -0.4 is 10.6 Å². The van der Waals surface area contributed by atoms with Crippen LogP contribution in [0.2, 0.25) is 5.02 Å². The molecule has 96 valence electrons. The third-order valence-electron chi connectivity index (χ3n) is 2.81. The van der Waals surface area contributed by atoms with Crippen LogP contribution in [0.1, 0.15) is 31.9 Å². The van der Waals surface area contributed by atoms with Gasteiger partial charge < -0.3 is 15.7 Å². The summed E-state index contributed by atoms with van der Waals surface area (Å²) in [4.78, 5) is 2.16. The molecule has 0 aliphatic carbocycles. The second kappa shape index (κ2) is 6.84. The Morgan fingerprint density at radius 3 is 2.65 bits per heavy atom. The summed E-state index contributed by atoms with van der Waals surface area (Å²) < 4.78 is 0. The van der Waals surface area contributed by atoms with Gasteiger partial charge in [0.25, 0.3) is 0 Å². The standard InChI is InChI=1S/C13H21ClN2O/c1-3-16(7-4-8-17)13-6-5-11(10(2)15)9-12(13)14/h5-6,9-10,17H,3-4,7-8,15H2,1-2H3/t10-/m0/s1. The second-order valence-electron chi connectivity index (χ2n) is 4.16. The summed E-state index contributed by atoms with van der Waals surface area (Å²) in [5, 5.41) is 9.59. The molecular weight excluding hydrogens is 236 g/mol. The van der Waals surface area contributed by atoms with Crippen molar-refractivity contribution in [3.63, 3.8) is 0 Å². The maximum absolute atomic E-state index is 8.87. The lowest BCUT2D eigenvalue weighted by Gasteiger charge is -2.24. The number of benzene rings is 1. The average molecular weight is 257 g/mol. The number of aliphatic hydroxyl groups is 1. The van der Waals surface area contributed by atoms with Crippen LogP contribution in [-0.4, -0.2) is 24.8 Å². The Morgan fingerprint density at radius 1 is 1.47 bits per heavy atom. The minimum atomic E-state index is -0.00549. The van der Waals surface area contributed by atoms with Crippen LogP contribution in [0.4, 0.5) is 5.69 Å². The predicted molar refractivity (Wildman–Crippen MR) is 73.6 cm³/mol. The number of anilines is 1. The summed E-state index contributed by atoms with van der Waals surface area (Å²) in [6, 6.07) is 5.92. The quantitative estimate of drug-likeness (QED) is 0.823. The predicted octanol–water partition coefficient (Wildman–Crippen LogP) is 2.57. The van der Waals surface area contributed by atoms with Gasteiger partial charge in [-0.15, -0.1) is 0 Å². The molecule has 1 rings (SSSR count). The van der Waals surface area contributed by atoms with E-state index in [0.717, 1.165) is 35.8 Å². The van der Waals surface area contributed by atoms with Crippen LogP contribution in [0.5, 0.6) is 0 Å². The SMILES string of the molecule is CCN(CCCO)c1ccc([C@H](C)N)cc1Cl. The molecule has 0 saturated heterocycles. The maximum atomic E-state index is 8.87. The van der Waals surface area contributed by atoms with E-state index in [-0.39, 0.29) is 12.6 Å². The van der Waals surface area contributed by atoms with E-state index in [1.54, 1.807) is 0 Å². The van der Waals surface area contributed by atoms with Gasteiger partial charge in [-0.25, -0.2) is 0 Å². The van der Waals surface area contributed by atoms with Gasteiger partial charge in [0.2, 0.25) is 0 Å². The van der Waals surface area contributed by atoms with Crippen molar-refractivity contribution in [3.8, 4) is 0 Å². The Hall–Kier alpha value is -0.770. The fourth-order valence-electron chi connectivity index (χ4n) is 1.77. The molecule has 0 bridgehead atoms. The van der Waals surface area contributed by atoms with E-state index < -0.39 is 0 Å². The van der Waals surface area contributed by atoms with Crippen molar-refractivity contribution in [1.82, 2.24) is 0 Å². The third kappa shape index (κ3) is 3.87. The minimum Gasteiger partial charge on any atom is -0.396 e. The van der Waals surface area contributed by atoms with E-state index in [1.165, 1.54) is 0 Å². The van der Waals surface area contributed by atoms with E-state index in [2.05, 4.69) is 11.8 Å². The van der Waals surface area contributed by atoms with Gasteiger partial charge in [-0.05, 0) is 38.0 Å². The van der Waals surface area contributed by atoms with Gasteiger partial charge in [0.1, 0.15) is 0 Å². The molecule has 0 radical (unpaired) electrons. The molecule has 0 saturated carbocycles. The number of halogens is 1. The van der Waals surface area contributed by atoms with Gasteiger partial charge in [0.05, 0.1) is 10.7 Å². The summed E-state index contributed by atoms with van der Waals surface area (Å²) in [7, 11) is 0. The highest BCUT2D eigenvalue weighted by atomic mass is 35.5. The molecule has 1 aromatic carbocycles. The van der Waals surface area contributed by atoms with Crippen LogP contribution in [0, 0.1) is 0 Å². The zero-order valence-corrected chi connectivity index (χ0v) is 11.2. The zero-order valence-electron chi connectivity index (χ0n) is 10.5. The molecule has 0 aromatic heterocycles. The first-order valence-electron chi connectivity index (χ1n) is 6.01. The van der Waals surface area contributed by atoms with Gasteiger partial charge in [0, 0.05) is 25.7 Å². The first-order chi connectivity index (χ1) is 8.10. The Labute approximate surface area is 108 Å². The first kappa shape index (κ1) is 14.3. The smallest absolute Gasteiger partial charge is 0.0642 e. The van der Waals surface area contributed by atoms with E-state index in [4.69, 9.17) is 22.4 Å². The van der Waals surface area contributed by atoms with Crippen LogP contribution in [0.3, 0.4) is 0 Å². The summed E-state index contributed by atoms with van der Waals surface area (Å²) in [5.74, 6) is 0. The van der Waals surface area contributed by atoms with Crippen molar-refractivity contribution in [1.29, 1.82) is 0 Å². The molecule has 4 heteroatoms. The highest BCUT2D eigenvalue weighted by molar-refractivity contribution is 6.33. The normalized spacial score (nSPS) is 12.5. The second-order valence-corrected chi connectivity index (χ2v) is 4.56. The number of hydrogen-bond acceptors (Lipinski definition) is 3. The third-order valence-corrected chi connectivity index (χ3v) is 3.11. The molecule has 1 aromatic rings. The highest BCUT2D eigenvalue weighted by Crippen LogP contribution is 2.28. The molecule has 0 fully saturated rings. The summed E-state index contributed by atoms with van der Waals surface area (Å²) in [5.41, 5.74) is 7.86. The van der Waals surface area contributed by atoms with Gasteiger partial charge in [-0.1, -0.05) is 17.7 Å². The Morgan fingerprint density at radius 2 is 2.18 bits per heavy atom. The molecule has 0 amide bonds. The first-order valence-corrected chi connectivity index (χ1v) is 6.38. The van der Waals surface area contributed by atoms with Crippen molar-refractivity contribution < 1.29 is 5.11 Å². The highest BCUT2D eigenvalue weighted by Gasteiger charge is 2.10. The molecule has 0 aliphatic heterocycles. The number of nitrogens with zero attached hydrogens (tertiary/aromatic N) is 1. The van der Waals surface area contributed by atoms with Gasteiger partial charge in [-0.2, -0.15) is 0 Å². The van der Waals surface area contributed by atoms with E-state index >= 15 is 0 Å². The van der Waals surface area contributed by atoms with E-state index in [1.807, 2.05) is 25.1 Å². The molecule has 3 N–H and O–H groups in total. The average Bonchev–Trinajstić information content (AvgIpc) is 2.31. The molecule has 0 unspecified atom stereocenters. The van der Waals surface area contributed by atoms with Crippen molar-refractivity contribution in [2.45, 2.75) is 26.3 Å². The summed E-state index contributed by atoms with van der Waals surface area (Å²) in [6.45, 7) is 5.90. The molecule has 0 heterocycles. The molecule has 17 heavy (non-hydrogen) atoms. The fourth-order valence-corrected chi connectivity index (χ4v) is 2.08. The van der Waals surface area contributed by atoms with Crippen LogP contribution in [0.15, 0.2) is 18.2 Å². The number of nitrogens with two attached hydrogens (primary N) is 1. The number of aliphatic hydroxyl groups excluding tert-OH is 1. The minimum absolute atomic E-state index is 0.00549. The lowest BCUT2D eigenvalue weighted by Crippen LogP contribution is -2.25. The molecular formula is C13H21ClN2O. The van der Waals surface area contributed by atoms with Crippen molar-refractivity contribution >= 4 is 17.3 Å². The van der Waals surface area contributed by atoms with Crippen molar-refractivity contribution in [3.05, 3.63) is 28.8 Å². The molecule has 1 atom stereocenters. The van der Waals surface area contributed by atoms with E-state index in [9.17, 15) is 0 Å². The largest absolute Gasteiger partial charge is 0.396 e. The molecule has 3 nitrogen and oxygen atoms in total. The van der Waals surface area contributed by atoms with Gasteiger partial charge in [0.15, 0.2) is 0 Å². The van der Waals surface area contributed by atoms with Gasteiger partial charge in [-0.3, -0.25) is 0 Å². The van der Waals surface area contributed by atoms with Gasteiger partial charge >= 0.3 is 0 Å².